The molecule has 27 heavy (non-hydrogen) atoms. The fourth-order valence-electron chi connectivity index (χ4n) is 3.33. The Morgan fingerprint density at radius 2 is 2.00 bits per heavy atom. The Bertz CT molecular complexity index is 894. The van der Waals surface area contributed by atoms with Crippen molar-refractivity contribution in [1.82, 2.24) is 4.57 Å². The largest absolute Gasteiger partial charge is 0.337 e. The summed E-state index contributed by atoms with van der Waals surface area (Å²) in [6.45, 7) is 8.15. The molecule has 6 heteroatoms. The molecule has 1 aromatic carbocycles. The van der Waals surface area contributed by atoms with Crippen LogP contribution in [-0.2, 0) is 7.05 Å². The van der Waals surface area contributed by atoms with Crippen LogP contribution in [0.25, 0.3) is 0 Å². The second-order valence-electron chi connectivity index (χ2n) is 7.95. The molecule has 4 nitrogen and oxygen atoms in total. The summed E-state index contributed by atoms with van der Waals surface area (Å²) in [6.07, 6.45) is 2.46. The molecular formula is C21H28FN3OS. The van der Waals surface area contributed by atoms with Crippen LogP contribution >= 0.6 is 11.9 Å². The van der Waals surface area contributed by atoms with Gasteiger partial charge in [-0.25, -0.2) is 4.39 Å². The number of aryl methyl sites for hydroxylation is 2. The van der Waals surface area contributed by atoms with E-state index in [1.807, 2.05) is 19.1 Å². The lowest BCUT2D eigenvalue weighted by atomic mass is 10.1. The average molecular weight is 390 g/mol. The number of halogens is 1. The monoisotopic (exact) mass is 389 g/mol. The van der Waals surface area contributed by atoms with Gasteiger partial charge in [0.2, 0.25) is 0 Å². The lowest BCUT2D eigenvalue weighted by Crippen LogP contribution is -2.22. The summed E-state index contributed by atoms with van der Waals surface area (Å²) in [6, 6.07) is 6.87. The highest BCUT2D eigenvalue weighted by molar-refractivity contribution is 8.01. The number of nitrogens with zero attached hydrogens (tertiary/aromatic N) is 1. The van der Waals surface area contributed by atoms with E-state index in [0.29, 0.717) is 28.2 Å². The first-order chi connectivity index (χ1) is 12.8. The van der Waals surface area contributed by atoms with Crippen molar-refractivity contribution in [3.8, 4) is 0 Å². The maximum Gasteiger partial charge on any atom is 0.254 e. The van der Waals surface area contributed by atoms with E-state index in [0.717, 1.165) is 17.2 Å². The zero-order valence-corrected chi connectivity index (χ0v) is 17.4. The van der Waals surface area contributed by atoms with E-state index >= 15 is 0 Å². The van der Waals surface area contributed by atoms with Gasteiger partial charge in [0.1, 0.15) is 11.6 Å². The number of hydrogen-bond donors (Lipinski definition) is 2. The molecule has 1 heterocycles. The SMILES string of the molecule is Cc1ccc(Nc2c(NSC3CC3CC(C)C)cc(C)c(=O)n2C)c(F)c1. The minimum Gasteiger partial charge on any atom is -0.337 e. The lowest BCUT2D eigenvalue weighted by Gasteiger charge is -2.18. The highest BCUT2D eigenvalue weighted by Gasteiger charge is 2.38. The van der Waals surface area contributed by atoms with Crippen molar-refractivity contribution in [2.24, 2.45) is 18.9 Å². The highest BCUT2D eigenvalue weighted by atomic mass is 32.2. The zero-order valence-electron chi connectivity index (χ0n) is 16.6. The molecule has 0 aliphatic heterocycles. The predicted molar refractivity (Wildman–Crippen MR) is 113 cm³/mol. The third kappa shape index (κ3) is 4.67. The molecule has 1 aromatic heterocycles. The molecule has 2 atom stereocenters. The third-order valence-electron chi connectivity index (χ3n) is 4.92. The van der Waals surface area contributed by atoms with Gasteiger partial charge in [0.05, 0.1) is 11.4 Å². The van der Waals surface area contributed by atoms with Gasteiger partial charge in [0, 0.05) is 17.9 Å². The topological polar surface area (TPSA) is 46.1 Å². The zero-order chi connectivity index (χ0) is 19.7. The number of pyridine rings is 1. The molecule has 1 saturated carbocycles. The molecule has 0 radical (unpaired) electrons. The Kier molecular flexibility index (Phi) is 5.84. The van der Waals surface area contributed by atoms with Gasteiger partial charge in [-0.05, 0) is 74.2 Å². The van der Waals surface area contributed by atoms with Crippen LogP contribution in [0.4, 0.5) is 21.6 Å². The van der Waals surface area contributed by atoms with Gasteiger partial charge in [0.15, 0.2) is 0 Å². The molecule has 2 N–H and O–H groups in total. The van der Waals surface area contributed by atoms with Crippen LogP contribution in [0.2, 0.25) is 0 Å². The van der Waals surface area contributed by atoms with Crippen molar-refractivity contribution in [3.05, 3.63) is 51.6 Å². The first-order valence-electron chi connectivity index (χ1n) is 9.41. The van der Waals surface area contributed by atoms with E-state index in [1.165, 1.54) is 23.5 Å². The van der Waals surface area contributed by atoms with Crippen LogP contribution in [-0.4, -0.2) is 9.82 Å². The van der Waals surface area contributed by atoms with E-state index in [2.05, 4.69) is 23.9 Å². The van der Waals surface area contributed by atoms with Gasteiger partial charge in [0.25, 0.3) is 5.56 Å². The number of nitrogens with one attached hydrogen (secondary N) is 2. The van der Waals surface area contributed by atoms with Crippen molar-refractivity contribution in [1.29, 1.82) is 0 Å². The molecule has 0 spiro atoms. The number of rotatable bonds is 7. The van der Waals surface area contributed by atoms with Gasteiger partial charge < -0.3 is 10.0 Å². The summed E-state index contributed by atoms with van der Waals surface area (Å²) in [5.41, 5.74) is 2.58. The molecule has 0 bridgehead atoms. The van der Waals surface area contributed by atoms with Gasteiger partial charge >= 0.3 is 0 Å². The molecule has 3 rings (SSSR count). The van der Waals surface area contributed by atoms with Gasteiger partial charge in [-0.2, -0.15) is 0 Å². The molecule has 0 amide bonds. The fourth-order valence-corrected chi connectivity index (χ4v) is 4.41. The van der Waals surface area contributed by atoms with Crippen molar-refractivity contribution in [2.45, 2.75) is 45.8 Å². The van der Waals surface area contributed by atoms with Gasteiger partial charge in [-0.15, -0.1) is 0 Å². The first-order valence-corrected chi connectivity index (χ1v) is 10.3. The standard InChI is InChI=1S/C21H28FN3OS/c1-12(2)8-15-11-19(15)27-24-18-10-14(4)21(26)25(5)20(18)23-17-7-6-13(3)9-16(17)22/h6-7,9-10,12,15,19,23-24H,8,11H2,1-5H3. The Hall–Kier alpha value is -1.95. The molecule has 2 unspecified atom stereocenters. The molecule has 146 valence electrons. The van der Waals surface area contributed by atoms with Gasteiger partial charge in [-0.3, -0.25) is 9.36 Å². The molecular weight excluding hydrogens is 361 g/mol. The summed E-state index contributed by atoms with van der Waals surface area (Å²) in [4.78, 5) is 12.4. The fraction of sp³-hybridized carbons (Fsp3) is 0.476. The molecule has 1 fully saturated rings. The Morgan fingerprint density at radius 3 is 2.67 bits per heavy atom. The summed E-state index contributed by atoms with van der Waals surface area (Å²) in [5.74, 6) is 1.70. The average Bonchev–Trinajstić information content (AvgIpc) is 3.32. The number of aromatic nitrogens is 1. The van der Waals surface area contributed by atoms with Crippen LogP contribution in [0, 0.1) is 31.5 Å². The predicted octanol–water partition coefficient (Wildman–Crippen LogP) is 5.38. The normalized spacial score (nSPS) is 18.6. The number of hydrogen-bond acceptors (Lipinski definition) is 4. The molecule has 1 aliphatic rings. The van der Waals surface area contributed by atoms with E-state index < -0.39 is 0 Å². The van der Waals surface area contributed by atoms with Crippen molar-refractivity contribution in [2.75, 3.05) is 10.0 Å². The van der Waals surface area contributed by atoms with Crippen LogP contribution < -0.4 is 15.6 Å². The summed E-state index contributed by atoms with van der Waals surface area (Å²) in [7, 11) is 1.71. The minimum atomic E-state index is -0.333. The maximum atomic E-state index is 14.3. The minimum absolute atomic E-state index is 0.0929. The Morgan fingerprint density at radius 1 is 1.26 bits per heavy atom. The second kappa shape index (κ2) is 7.97. The Labute approximate surface area is 164 Å². The van der Waals surface area contributed by atoms with E-state index in [1.54, 1.807) is 32.0 Å². The van der Waals surface area contributed by atoms with Crippen molar-refractivity contribution >= 4 is 29.1 Å². The quantitative estimate of drug-likeness (QED) is 0.624. The first kappa shape index (κ1) is 19.8. The number of benzene rings is 1. The van der Waals surface area contributed by atoms with Gasteiger partial charge in [-0.1, -0.05) is 19.9 Å². The summed E-state index contributed by atoms with van der Waals surface area (Å²) >= 11 is 1.70. The van der Waals surface area contributed by atoms with E-state index in [-0.39, 0.29) is 11.4 Å². The Balaban J connectivity index is 1.82. The highest BCUT2D eigenvalue weighted by Crippen LogP contribution is 2.46. The second-order valence-corrected chi connectivity index (χ2v) is 8.99. The van der Waals surface area contributed by atoms with E-state index in [4.69, 9.17) is 0 Å². The van der Waals surface area contributed by atoms with Crippen molar-refractivity contribution < 1.29 is 4.39 Å². The van der Waals surface area contributed by atoms with E-state index in [9.17, 15) is 9.18 Å². The van der Waals surface area contributed by atoms with Crippen LogP contribution in [0.5, 0.6) is 0 Å². The molecule has 1 aliphatic carbocycles. The smallest absolute Gasteiger partial charge is 0.254 e. The lowest BCUT2D eigenvalue weighted by molar-refractivity contribution is 0.542. The van der Waals surface area contributed by atoms with Crippen LogP contribution in [0.3, 0.4) is 0 Å². The molecule has 0 saturated heterocycles. The molecule has 2 aromatic rings. The summed E-state index contributed by atoms with van der Waals surface area (Å²) in [5, 5.41) is 3.70. The number of anilines is 3. The third-order valence-corrected chi connectivity index (χ3v) is 6.14. The van der Waals surface area contributed by atoms with Crippen molar-refractivity contribution in [3.63, 3.8) is 0 Å². The van der Waals surface area contributed by atoms with Crippen LogP contribution in [0.1, 0.15) is 37.8 Å². The van der Waals surface area contributed by atoms with Crippen LogP contribution in [0.15, 0.2) is 29.1 Å². The summed E-state index contributed by atoms with van der Waals surface area (Å²) < 4.78 is 19.2. The maximum absolute atomic E-state index is 14.3.